The van der Waals surface area contributed by atoms with Crippen molar-refractivity contribution in [2.75, 3.05) is 6.61 Å². The van der Waals surface area contributed by atoms with Crippen LogP contribution in [-0.4, -0.2) is 48.2 Å². The highest BCUT2D eigenvalue weighted by Gasteiger charge is 2.21. The number of aliphatic hydroxyl groups is 1. The summed E-state index contributed by atoms with van der Waals surface area (Å²) in [6.45, 7) is 9.15. The molecule has 0 saturated heterocycles. The van der Waals surface area contributed by atoms with Crippen LogP contribution in [0.15, 0.2) is 72.4 Å². The largest absolute Gasteiger partial charge is 0.459 e. The molecule has 3 rings (SSSR count). The molecule has 5 heteroatoms. The quantitative estimate of drug-likeness (QED) is 0.399. The average Bonchev–Trinajstić information content (AvgIpc) is 2.78. The van der Waals surface area contributed by atoms with Gasteiger partial charge < -0.3 is 19.3 Å². The van der Waals surface area contributed by atoms with Crippen LogP contribution < -0.4 is 0 Å². The summed E-state index contributed by atoms with van der Waals surface area (Å²) in [6.07, 6.45) is 22.7. The van der Waals surface area contributed by atoms with Gasteiger partial charge in [-0.05, 0) is 51.4 Å². The van der Waals surface area contributed by atoms with Gasteiger partial charge in [0.05, 0.1) is 31.0 Å². The molecular formula is C30H42O5. The SMILES string of the molecule is C=C1CC(O)/C=C\CC(C/C=C/C2CC(C)=CCO2)OC(=O)/C=C\CC2C=CCC(CC(C)C1)O2. The molecule has 0 spiro atoms. The predicted molar refractivity (Wildman–Crippen MR) is 140 cm³/mol. The number of fused-ring (bicyclic) bond motifs is 2. The molecule has 3 heterocycles. The second-order valence-corrected chi connectivity index (χ2v) is 10.2. The van der Waals surface area contributed by atoms with Crippen molar-refractivity contribution in [2.24, 2.45) is 5.92 Å². The van der Waals surface area contributed by atoms with E-state index in [1.165, 1.54) is 11.6 Å². The molecule has 6 atom stereocenters. The van der Waals surface area contributed by atoms with Crippen molar-refractivity contribution in [1.82, 2.24) is 0 Å². The van der Waals surface area contributed by atoms with Crippen LogP contribution in [0.25, 0.3) is 0 Å². The van der Waals surface area contributed by atoms with Crippen LogP contribution in [0.2, 0.25) is 0 Å². The maximum atomic E-state index is 12.5. The number of hydrogen-bond donors (Lipinski definition) is 1. The molecule has 0 aliphatic carbocycles. The minimum atomic E-state index is -0.594. The van der Waals surface area contributed by atoms with Gasteiger partial charge in [-0.2, -0.15) is 0 Å². The van der Waals surface area contributed by atoms with Gasteiger partial charge in [0.15, 0.2) is 0 Å². The minimum Gasteiger partial charge on any atom is -0.459 e. The highest BCUT2D eigenvalue weighted by molar-refractivity contribution is 5.82. The second-order valence-electron chi connectivity index (χ2n) is 10.2. The van der Waals surface area contributed by atoms with Gasteiger partial charge in [0.2, 0.25) is 0 Å². The summed E-state index contributed by atoms with van der Waals surface area (Å²) in [7, 11) is 0. The molecule has 0 fully saturated rings. The number of esters is 1. The van der Waals surface area contributed by atoms with E-state index in [0.717, 1.165) is 31.3 Å². The summed E-state index contributed by atoms with van der Waals surface area (Å²) in [5.74, 6) is 0.0771. The Morgan fingerprint density at radius 3 is 2.77 bits per heavy atom. The number of aliphatic hydroxyl groups excluding tert-OH is 1. The lowest BCUT2D eigenvalue weighted by atomic mass is 9.91. The zero-order valence-electron chi connectivity index (χ0n) is 21.3. The summed E-state index contributed by atoms with van der Waals surface area (Å²) in [5.41, 5.74) is 2.37. The standard InChI is InChI=1S/C30H42O5/c1-22-16-17-33-28(20-22)13-5-11-27-9-4-8-25(31)19-23(2)18-24(3)21-29-14-6-10-26(34-29)12-7-15-30(32)35-27/h4-8,10,13,15-16,24-29,31H,2,9,11-12,14,17-21H2,1,3H3/b8-4-,13-5+,15-7-. The van der Waals surface area contributed by atoms with E-state index in [9.17, 15) is 9.90 Å². The van der Waals surface area contributed by atoms with Crippen LogP contribution in [0.4, 0.5) is 0 Å². The molecule has 192 valence electrons. The van der Waals surface area contributed by atoms with E-state index >= 15 is 0 Å². The Morgan fingerprint density at radius 2 is 1.94 bits per heavy atom. The molecule has 0 aromatic heterocycles. The molecule has 0 aromatic carbocycles. The normalized spacial score (nSPS) is 35.6. The van der Waals surface area contributed by atoms with Gasteiger partial charge in [0.25, 0.3) is 0 Å². The maximum Gasteiger partial charge on any atom is 0.330 e. The molecule has 1 N–H and O–H groups in total. The van der Waals surface area contributed by atoms with Gasteiger partial charge in [-0.25, -0.2) is 4.79 Å². The molecule has 0 amide bonds. The van der Waals surface area contributed by atoms with Gasteiger partial charge >= 0.3 is 5.97 Å². The Kier molecular flexibility index (Phi) is 11.2. The van der Waals surface area contributed by atoms with Gasteiger partial charge in [-0.3, -0.25) is 0 Å². The second kappa shape index (κ2) is 14.4. The van der Waals surface area contributed by atoms with Crippen LogP contribution in [0.5, 0.6) is 0 Å². The van der Waals surface area contributed by atoms with Crippen LogP contribution in [0.1, 0.15) is 65.2 Å². The molecule has 6 unspecified atom stereocenters. The van der Waals surface area contributed by atoms with E-state index in [-0.39, 0.29) is 30.4 Å². The van der Waals surface area contributed by atoms with Crippen LogP contribution >= 0.6 is 0 Å². The Balaban J connectivity index is 1.65. The molecule has 0 radical (unpaired) electrons. The van der Waals surface area contributed by atoms with Crippen molar-refractivity contribution in [2.45, 2.75) is 95.7 Å². The Labute approximate surface area is 210 Å². The maximum absolute atomic E-state index is 12.5. The summed E-state index contributed by atoms with van der Waals surface area (Å²) < 4.78 is 17.7. The van der Waals surface area contributed by atoms with Crippen LogP contribution in [0, 0.1) is 5.92 Å². The lowest BCUT2D eigenvalue weighted by Gasteiger charge is -2.28. The van der Waals surface area contributed by atoms with Gasteiger partial charge in [-0.1, -0.05) is 73.3 Å². The van der Waals surface area contributed by atoms with E-state index < -0.39 is 6.10 Å². The first-order chi connectivity index (χ1) is 16.9. The molecule has 3 aliphatic rings. The molecule has 35 heavy (non-hydrogen) atoms. The van der Waals surface area contributed by atoms with E-state index in [1.54, 1.807) is 6.08 Å². The summed E-state index contributed by atoms with van der Waals surface area (Å²) >= 11 is 0. The first-order valence-electron chi connectivity index (χ1n) is 13.0. The summed E-state index contributed by atoms with van der Waals surface area (Å²) in [6, 6.07) is 0. The third-order valence-corrected chi connectivity index (χ3v) is 6.59. The summed E-state index contributed by atoms with van der Waals surface area (Å²) in [5, 5.41) is 10.5. The fourth-order valence-corrected chi connectivity index (χ4v) is 4.85. The Bertz CT molecular complexity index is 849. The molecule has 5 nitrogen and oxygen atoms in total. The molecular weight excluding hydrogens is 440 g/mol. The van der Waals surface area contributed by atoms with Crippen molar-refractivity contribution in [3.05, 3.63) is 72.4 Å². The zero-order valence-corrected chi connectivity index (χ0v) is 21.3. The Morgan fingerprint density at radius 1 is 1.11 bits per heavy atom. The first kappa shape index (κ1) is 27.4. The zero-order chi connectivity index (χ0) is 25.0. The van der Waals surface area contributed by atoms with Crippen LogP contribution in [0.3, 0.4) is 0 Å². The van der Waals surface area contributed by atoms with Crippen molar-refractivity contribution in [3.63, 3.8) is 0 Å². The van der Waals surface area contributed by atoms with Crippen LogP contribution in [-0.2, 0) is 19.0 Å². The summed E-state index contributed by atoms with van der Waals surface area (Å²) in [4.78, 5) is 12.5. The topological polar surface area (TPSA) is 65.0 Å². The highest BCUT2D eigenvalue weighted by Crippen LogP contribution is 2.26. The van der Waals surface area contributed by atoms with E-state index in [4.69, 9.17) is 14.2 Å². The molecule has 2 bridgehead atoms. The van der Waals surface area contributed by atoms with Gasteiger partial charge in [0.1, 0.15) is 6.10 Å². The molecule has 0 saturated carbocycles. The van der Waals surface area contributed by atoms with Gasteiger partial charge in [0, 0.05) is 18.9 Å². The van der Waals surface area contributed by atoms with E-state index in [0.29, 0.717) is 38.2 Å². The Hall–Kier alpha value is -2.21. The number of ether oxygens (including phenoxy) is 3. The number of rotatable bonds is 3. The monoisotopic (exact) mass is 482 g/mol. The van der Waals surface area contributed by atoms with Crippen molar-refractivity contribution in [1.29, 1.82) is 0 Å². The van der Waals surface area contributed by atoms with Crippen molar-refractivity contribution in [3.8, 4) is 0 Å². The fraction of sp³-hybridized carbons (Fsp3) is 0.567. The molecule has 0 aromatic rings. The van der Waals surface area contributed by atoms with E-state index in [1.807, 2.05) is 18.2 Å². The smallest absolute Gasteiger partial charge is 0.330 e. The number of carbonyl (C=O) groups excluding carboxylic acids is 1. The lowest BCUT2D eigenvalue weighted by molar-refractivity contribution is -0.142. The third-order valence-electron chi connectivity index (χ3n) is 6.59. The average molecular weight is 483 g/mol. The number of cyclic esters (lactones) is 1. The minimum absolute atomic E-state index is 0.0245. The van der Waals surface area contributed by atoms with Gasteiger partial charge in [-0.15, -0.1) is 0 Å². The lowest BCUT2D eigenvalue weighted by Crippen LogP contribution is -2.25. The third kappa shape index (κ3) is 10.5. The van der Waals surface area contributed by atoms with Crippen molar-refractivity contribution < 1.29 is 24.1 Å². The number of carbonyl (C=O) groups is 1. The molecule has 3 aliphatic heterocycles. The fourth-order valence-electron chi connectivity index (χ4n) is 4.85. The first-order valence-corrected chi connectivity index (χ1v) is 13.0. The predicted octanol–water partition coefficient (Wildman–Crippen LogP) is 5.92. The van der Waals surface area contributed by atoms with Crippen molar-refractivity contribution >= 4 is 5.97 Å². The van der Waals surface area contributed by atoms with E-state index in [2.05, 4.69) is 44.7 Å². The number of hydrogen-bond acceptors (Lipinski definition) is 5. The highest BCUT2D eigenvalue weighted by atomic mass is 16.5.